The van der Waals surface area contributed by atoms with Crippen LogP contribution < -0.4 is 0 Å². The van der Waals surface area contributed by atoms with E-state index in [1.165, 1.54) is 5.56 Å². The van der Waals surface area contributed by atoms with Gasteiger partial charge in [-0.2, -0.15) is 5.56 Å². The SMILES string of the molecule is Cc1[c-]cc(C(C)C)cn1.[Y]. The van der Waals surface area contributed by atoms with E-state index in [1.807, 2.05) is 19.2 Å². The summed E-state index contributed by atoms with van der Waals surface area (Å²) in [5.74, 6) is 0.560. The molecule has 1 aromatic rings. The molecule has 0 saturated carbocycles. The second-order valence-electron chi connectivity index (χ2n) is 2.79. The molecule has 0 amide bonds. The third kappa shape index (κ3) is 3.44. The summed E-state index contributed by atoms with van der Waals surface area (Å²) in [6.07, 6.45) is 1.91. The van der Waals surface area contributed by atoms with E-state index in [1.54, 1.807) is 0 Å². The molecule has 1 heterocycles. The fourth-order valence-electron chi connectivity index (χ4n) is 0.749. The number of nitrogens with zero attached hydrogens (tertiary/aromatic N) is 1. The Bertz CT molecular complexity index is 203. The molecule has 0 aliphatic heterocycles. The van der Waals surface area contributed by atoms with Gasteiger partial charge in [0.05, 0.1) is 0 Å². The molecule has 0 saturated heterocycles. The molecule has 0 unspecified atom stereocenters. The molecule has 0 N–H and O–H groups in total. The van der Waals surface area contributed by atoms with Crippen LogP contribution in [0.25, 0.3) is 0 Å². The van der Waals surface area contributed by atoms with Crippen LogP contribution in [0.2, 0.25) is 0 Å². The minimum absolute atomic E-state index is 0. The van der Waals surface area contributed by atoms with Gasteiger partial charge in [0.2, 0.25) is 0 Å². The van der Waals surface area contributed by atoms with Crippen molar-refractivity contribution in [3.63, 3.8) is 0 Å². The van der Waals surface area contributed by atoms with Crippen LogP contribution in [0, 0.1) is 13.0 Å². The number of aryl methyl sites for hydroxylation is 1. The summed E-state index contributed by atoms with van der Waals surface area (Å²) < 4.78 is 0. The molecule has 0 fully saturated rings. The fourth-order valence-corrected chi connectivity index (χ4v) is 0.749. The Morgan fingerprint density at radius 1 is 1.45 bits per heavy atom. The summed E-state index contributed by atoms with van der Waals surface area (Å²) in [4.78, 5) is 4.14. The van der Waals surface area contributed by atoms with Gasteiger partial charge in [0, 0.05) is 32.7 Å². The zero-order chi connectivity index (χ0) is 7.56. The van der Waals surface area contributed by atoms with Crippen molar-refractivity contribution in [1.82, 2.24) is 4.98 Å². The molecule has 11 heavy (non-hydrogen) atoms. The first-order valence-corrected chi connectivity index (χ1v) is 3.54. The van der Waals surface area contributed by atoms with Crippen molar-refractivity contribution in [2.24, 2.45) is 0 Å². The minimum Gasteiger partial charge on any atom is -0.301 e. The zero-order valence-electron chi connectivity index (χ0n) is 7.26. The van der Waals surface area contributed by atoms with Gasteiger partial charge in [-0.25, -0.2) is 12.1 Å². The molecule has 0 spiro atoms. The Labute approximate surface area is 93.5 Å². The maximum atomic E-state index is 4.14. The standard InChI is InChI=1S/C9H12N.Y/c1-7(2)9-5-4-8(3)10-6-9;/h5-7H,1-3H3;/q-1;. The number of hydrogen-bond donors (Lipinski definition) is 0. The molecular weight excluding hydrogens is 211 g/mol. The summed E-state index contributed by atoms with van der Waals surface area (Å²) in [7, 11) is 0. The molecule has 0 aromatic carbocycles. The maximum absolute atomic E-state index is 4.14. The summed E-state index contributed by atoms with van der Waals surface area (Å²) in [5.41, 5.74) is 2.22. The van der Waals surface area contributed by atoms with Crippen LogP contribution in [0.3, 0.4) is 0 Å². The molecule has 0 aliphatic carbocycles. The van der Waals surface area contributed by atoms with Gasteiger partial charge in [0.25, 0.3) is 0 Å². The van der Waals surface area contributed by atoms with Crippen LogP contribution in [0.15, 0.2) is 12.3 Å². The van der Waals surface area contributed by atoms with Crippen LogP contribution in [-0.2, 0) is 32.7 Å². The first-order chi connectivity index (χ1) is 4.70. The average Bonchev–Trinajstić information content (AvgIpc) is 1.88. The Balaban J connectivity index is 0.000001000. The van der Waals surface area contributed by atoms with Crippen molar-refractivity contribution in [3.05, 3.63) is 29.6 Å². The Morgan fingerprint density at radius 2 is 2.09 bits per heavy atom. The predicted octanol–water partition coefficient (Wildman–Crippen LogP) is 2.31. The predicted molar refractivity (Wildman–Crippen MR) is 41.9 cm³/mol. The molecule has 0 aliphatic rings. The van der Waals surface area contributed by atoms with Gasteiger partial charge in [-0.05, 0) is 6.92 Å². The number of pyridine rings is 1. The second kappa shape index (κ2) is 5.00. The molecule has 0 bridgehead atoms. The largest absolute Gasteiger partial charge is 0.301 e. The smallest absolute Gasteiger partial charge is 0 e. The van der Waals surface area contributed by atoms with Crippen LogP contribution >= 0.6 is 0 Å². The minimum atomic E-state index is 0. The molecule has 57 valence electrons. The van der Waals surface area contributed by atoms with E-state index in [4.69, 9.17) is 0 Å². The van der Waals surface area contributed by atoms with E-state index in [9.17, 15) is 0 Å². The fraction of sp³-hybridized carbons (Fsp3) is 0.444. The zero-order valence-corrected chi connectivity index (χ0v) is 10.1. The van der Waals surface area contributed by atoms with E-state index in [2.05, 4.69) is 24.9 Å². The van der Waals surface area contributed by atoms with E-state index in [-0.39, 0.29) is 32.7 Å². The van der Waals surface area contributed by atoms with E-state index >= 15 is 0 Å². The second-order valence-corrected chi connectivity index (χ2v) is 2.79. The summed E-state index contributed by atoms with van der Waals surface area (Å²) >= 11 is 0. The van der Waals surface area contributed by atoms with Gasteiger partial charge in [0.15, 0.2) is 0 Å². The summed E-state index contributed by atoms with van der Waals surface area (Å²) in [6, 6.07) is 5.08. The van der Waals surface area contributed by atoms with Crippen LogP contribution in [0.5, 0.6) is 0 Å². The number of rotatable bonds is 1. The Morgan fingerprint density at radius 3 is 2.45 bits per heavy atom. The molecule has 1 aromatic heterocycles. The number of aromatic nitrogens is 1. The molecule has 1 rings (SSSR count). The third-order valence-electron chi connectivity index (χ3n) is 1.52. The van der Waals surface area contributed by atoms with Gasteiger partial charge < -0.3 is 4.98 Å². The normalized spacial score (nSPS) is 9.45. The topological polar surface area (TPSA) is 12.9 Å². The first kappa shape index (κ1) is 11.3. The Hall–Kier alpha value is 0.254. The van der Waals surface area contributed by atoms with Gasteiger partial charge >= 0.3 is 0 Å². The van der Waals surface area contributed by atoms with Crippen molar-refractivity contribution >= 4 is 0 Å². The molecule has 1 nitrogen and oxygen atoms in total. The van der Waals surface area contributed by atoms with Crippen molar-refractivity contribution in [2.75, 3.05) is 0 Å². The monoisotopic (exact) mass is 223 g/mol. The van der Waals surface area contributed by atoms with Crippen molar-refractivity contribution in [2.45, 2.75) is 26.7 Å². The Kier molecular flexibility index (Phi) is 5.11. The van der Waals surface area contributed by atoms with E-state index < -0.39 is 0 Å². The van der Waals surface area contributed by atoms with E-state index in [0.717, 1.165) is 5.69 Å². The molecule has 1 radical (unpaired) electrons. The van der Waals surface area contributed by atoms with Gasteiger partial charge in [-0.3, -0.25) is 0 Å². The van der Waals surface area contributed by atoms with Gasteiger partial charge in [-0.1, -0.05) is 31.7 Å². The average molecular weight is 223 g/mol. The molecule has 0 atom stereocenters. The van der Waals surface area contributed by atoms with Crippen molar-refractivity contribution in [1.29, 1.82) is 0 Å². The van der Waals surface area contributed by atoms with Crippen LogP contribution in [-0.4, -0.2) is 4.98 Å². The van der Waals surface area contributed by atoms with Crippen molar-refractivity contribution in [3.8, 4) is 0 Å². The van der Waals surface area contributed by atoms with Gasteiger partial charge in [0.1, 0.15) is 0 Å². The maximum Gasteiger partial charge on any atom is 0 e. The van der Waals surface area contributed by atoms with E-state index in [0.29, 0.717) is 5.92 Å². The van der Waals surface area contributed by atoms with Gasteiger partial charge in [-0.15, -0.1) is 0 Å². The van der Waals surface area contributed by atoms with Crippen LogP contribution in [0.1, 0.15) is 31.0 Å². The third-order valence-corrected chi connectivity index (χ3v) is 1.52. The first-order valence-electron chi connectivity index (χ1n) is 3.54. The van der Waals surface area contributed by atoms with Crippen molar-refractivity contribution < 1.29 is 32.7 Å². The number of hydrogen-bond acceptors (Lipinski definition) is 1. The molecule has 2 heteroatoms. The summed E-state index contributed by atoms with van der Waals surface area (Å²) in [5, 5.41) is 0. The molecular formula is C9H12NY-. The van der Waals surface area contributed by atoms with Crippen LogP contribution in [0.4, 0.5) is 0 Å². The summed E-state index contributed by atoms with van der Waals surface area (Å²) in [6.45, 7) is 6.25. The quantitative estimate of drug-likeness (QED) is 0.665.